The number of halogens is 3. The lowest BCUT2D eigenvalue weighted by atomic mass is 10.0. The van der Waals surface area contributed by atoms with Crippen molar-refractivity contribution < 1.29 is 22.7 Å². The second-order valence-corrected chi connectivity index (χ2v) is 5.85. The van der Waals surface area contributed by atoms with Gasteiger partial charge in [-0.1, -0.05) is 11.8 Å². The Morgan fingerprint density at radius 3 is 2.50 bits per heavy atom. The van der Waals surface area contributed by atoms with Crippen LogP contribution in [0, 0.1) is 23.2 Å². The van der Waals surface area contributed by atoms with Crippen molar-refractivity contribution in [1.82, 2.24) is 5.32 Å². The molecular formula is C17H17F3N2O2. The van der Waals surface area contributed by atoms with Gasteiger partial charge >= 0.3 is 12.3 Å². The number of benzene rings is 1. The molecule has 0 spiro atoms. The summed E-state index contributed by atoms with van der Waals surface area (Å²) in [6, 6.07) is 4.79. The van der Waals surface area contributed by atoms with Gasteiger partial charge in [0.15, 0.2) is 0 Å². The summed E-state index contributed by atoms with van der Waals surface area (Å²) < 4.78 is 43.5. The number of nitriles is 1. The molecule has 0 saturated carbocycles. The van der Waals surface area contributed by atoms with Crippen molar-refractivity contribution in [1.29, 1.82) is 5.26 Å². The molecule has 0 bridgehead atoms. The van der Waals surface area contributed by atoms with Gasteiger partial charge in [-0.2, -0.15) is 18.4 Å². The molecular weight excluding hydrogens is 321 g/mol. The largest absolute Gasteiger partial charge is 0.444 e. The normalized spacial score (nSPS) is 11.0. The molecule has 0 atom stereocenters. The number of hydrogen-bond acceptors (Lipinski definition) is 3. The standard InChI is InChI=1S/C17H17F3N2O2/c1-16(2,3)24-15(23)22-9-5-4-6-12-7-8-13(11-21)14(10-12)17(18,19)20/h7-8,10H,5,9H2,1-3H3,(H,22,23). The molecule has 0 saturated heterocycles. The smallest absolute Gasteiger partial charge is 0.417 e. The Labute approximate surface area is 138 Å². The van der Waals surface area contributed by atoms with Crippen molar-refractivity contribution in [2.75, 3.05) is 6.54 Å². The molecule has 0 unspecified atom stereocenters. The number of carbonyl (C=O) groups excluding carboxylic acids is 1. The van der Waals surface area contributed by atoms with E-state index in [0.717, 1.165) is 12.1 Å². The maximum atomic E-state index is 12.8. The number of nitrogens with zero attached hydrogens (tertiary/aromatic N) is 1. The number of ether oxygens (including phenoxy) is 1. The molecule has 1 amide bonds. The van der Waals surface area contributed by atoms with Gasteiger partial charge in [-0.05, 0) is 39.0 Å². The fourth-order valence-electron chi connectivity index (χ4n) is 1.66. The number of alkyl halides is 3. The zero-order valence-corrected chi connectivity index (χ0v) is 13.5. The molecule has 0 aliphatic heterocycles. The van der Waals surface area contributed by atoms with E-state index in [1.807, 2.05) is 0 Å². The van der Waals surface area contributed by atoms with E-state index >= 15 is 0 Å². The number of hydrogen-bond donors (Lipinski definition) is 1. The fraction of sp³-hybridized carbons (Fsp3) is 0.412. The lowest BCUT2D eigenvalue weighted by molar-refractivity contribution is -0.137. The summed E-state index contributed by atoms with van der Waals surface area (Å²) in [5.74, 6) is 5.24. The average Bonchev–Trinajstić information content (AvgIpc) is 2.44. The zero-order valence-electron chi connectivity index (χ0n) is 13.5. The van der Waals surface area contributed by atoms with Crippen LogP contribution in [0.2, 0.25) is 0 Å². The minimum Gasteiger partial charge on any atom is -0.444 e. The van der Waals surface area contributed by atoms with E-state index in [1.54, 1.807) is 20.8 Å². The van der Waals surface area contributed by atoms with E-state index in [2.05, 4.69) is 17.2 Å². The minimum atomic E-state index is -4.61. The number of amides is 1. The Morgan fingerprint density at radius 2 is 1.96 bits per heavy atom. The molecule has 1 aromatic carbocycles. The van der Waals surface area contributed by atoms with Crippen molar-refractivity contribution in [3.05, 3.63) is 34.9 Å². The lowest BCUT2D eigenvalue weighted by Gasteiger charge is -2.19. The first-order valence-electron chi connectivity index (χ1n) is 7.10. The Balaban J connectivity index is 2.65. The Morgan fingerprint density at radius 1 is 1.29 bits per heavy atom. The van der Waals surface area contributed by atoms with E-state index < -0.39 is 29.0 Å². The van der Waals surface area contributed by atoms with Crippen molar-refractivity contribution in [2.24, 2.45) is 0 Å². The minimum absolute atomic E-state index is 0.151. The van der Waals surface area contributed by atoms with Crippen LogP contribution in [0.25, 0.3) is 0 Å². The van der Waals surface area contributed by atoms with Gasteiger partial charge in [-0.3, -0.25) is 0 Å². The van der Waals surface area contributed by atoms with Gasteiger partial charge < -0.3 is 10.1 Å². The summed E-state index contributed by atoms with van der Waals surface area (Å²) >= 11 is 0. The van der Waals surface area contributed by atoms with Gasteiger partial charge in [0.25, 0.3) is 0 Å². The quantitative estimate of drug-likeness (QED) is 0.658. The maximum absolute atomic E-state index is 12.8. The van der Waals surface area contributed by atoms with E-state index in [9.17, 15) is 18.0 Å². The third kappa shape index (κ3) is 6.62. The molecule has 4 nitrogen and oxygen atoms in total. The molecule has 0 aliphatic rings. The Bertz CT molecular complexity index is 702. The van der Waals surface area contributed by atoms with E-state index in [1.165, 1.54) is 12.1 Å². The highest BCUT2D eigenvalue weighted by molar-refractivity contribution is 5.67. The summed E-state index contributed by atoms with van der Waals surface area (Å²) in [4.78, 5) is 11.4. The average molecular weight is 338 g/mol. The number of alkyl carbamates (subject to hydrolysis) is 1. The summed E-state index contributed by atoms with van der Waals surface area (Å²) in [5, 5.41) is 11.2. The van der Waals surface area contributed by atoms with Gasteiger partial charge in [0.2, 0.25) is 0 Å². The predicted octanol–water partition coefficient (Wildman–Crippen LogP) is 3.84. The topological polar surface area (TPSA) is 62.1 Å². The highest BCUT2D eigenvalue weighted by Crippen LogP contribution is 2.32. The Hall–Kier alpha value is -2.67. The SMILES string of the molecule is CC(C)(C)OC(=O)NCCC#Cc1ccc(C#N)c(C(F)(F)F)c1. The van der Waals surface area contributed by atoms with Gasteiger partial charge in [0, 0.05) is 18.5 Å². The molecule has 1 N–H and O–H groups in total. The Kier molecular flexibility index (Phi) is 6.25. The molecule has 7 heteroatoms. The third-order valence-electron chi connectivity index (χ3n) is 2.60. The highest BCUT2D eigenvalue weighted by Gasteiger charge is 2.33. The van der Waals surface area contributed by atoms with Crippen molar-refractivity contribution in [2.45, 2.75) is 39.0 Å². The van der Waals surface area contributed by atoms with Crippen LogP contribution in [0.15, 0.2) is 18.2 Å². The molecule has 0 heterocycles. The van der Waals surface area contributed by atoms with Crippen LogP contribution in [0.5, 0.6) is 0 Å². The summed E-state index contributed by atoms with van der Waals surface area (Å²) in [6.07, 6.45) is -4.94. The molecule has 24 heavy (non-hydrogen) atoms. The second-order valence-electron chi connectivity index (χ2n) is 5.85. The van der Waals surface area contributed by atoms with E-state index in [0.29, 0.717) is 0 Å². The first-order valence-corrected chi connectivity index (χ1v) is 7.10. The number of nitrogens with one attached hydrogen (secondary N) is 1. The molecule has 0 aromatic heterocycles. The molecule has 0 aliphatic carbocycles. The van der Waals surface area contributed by atoms with Crippen LogP contribution in [0.1, 0.15) is 43.9 Å². The first kappa shape index (κ1) is 19.4. The monoisotopic (exact) mass is 338 g/mol. The molecule has 0 radical (unpaired) electrons. The summed E-state index contributed by atoms with van der Waals surface area (Å²) in [6.45, 7) is 5.41. The lowest BCUT2D eigenvalue weighted by Crippen LogP contribution is -2.32. The second kappa shape index (κ2) is 7.74. The van der Waals surface area contributed by atoms with Gasteiger partial charge in [0.1, 0.15) is 5.60 Å². The highest BCUT2D eigenvalue weighted by atomic mass is 19.4. The van der Waals surface area contributed by atoms with Crippen LogP contribution >= 0.6 is 0 Å². The van der Waals surface area contributed by atoms with Crippen LogP contribution in [0.4, 0.5) is 18.0 Å². The van der Waals surface area contributed by atoms with Crippen LogP contribution in [-0.2, 0) is 10.9 Å². The maximum Gasteiger partial charge on any atom is 0.417 e. The van der Waals surface area contributed by atoms with Gasteiger partial charge in [0.05, 0.1) is 17.2 Å². The van der Waals surface area contributed by atoms with Gasteiger partial charge in [-0.25, -0.2) is 4.79 Å². The molecule has 0 fully saturated rings. The first-order chi connectivity index (χ1) is 11.0. The number of carbonyl (C=O) groups is 1. The van der Waals surface area contributed by atoms with E-state index in [4.69, 9.17) is 10.00 Å². The van der Waals surface area contributed by atoms with E-state index in [-0.39, 0.29) is 18.5 Å². The van der Waals surface area contributed by atoms with Crippen molar-refractivity contribution >= 4 is 6.09 Å². The molecule has 1 aromatic rings. The molecule has 128 valence electrons. The summed E-state index contributed by atoms with van der Waals surface area (Å²) in [7, 11) is 0. The zero-order chi connectivity index (χ0) is 18.4. The van der Waals surface area contributed by atoms with Gasteiger partial charge in [-0.15, -0.1) is 0 Å². The van der Waals surface area contributed by atoms with Crippen LogP contribution < -0.4 is 5.32 Å². The predicted molar refractivity (Wildman–Crippen MR) is 81.9 cm³/mol. The van der Waals surface area contributed by atoms with Crippen molar-refractivity contribution in [3.8, 4) is 17.9 Å². The number of rotatable bonds is 2. The summed E-state index contributed by atoms with van der Waals surface area (Å²) in [5.41, 5.74) is -1.91. The van der Waals surface area contributed by atoms with Crippen LogP contribution in [0.3, 0.4) is 0 Å². The molecule has 1 rings (SSSR count). The van der Waals surface area contributed by atoms with Crippen LogP contribution in [-0.4, -0.2) is 18.2 Å². The van der Waals surface area contributed by atoms with Crippen molar-refractivity contribution in [3.63, 3.8) is 0 Å². The third-order valence-corrected chi connectivity index (χ3v) is 2.60. The fourth-order valence-corrected chi connectivity index (χ4v) is 1.66.